The van der Waals surface area contributed by atoms with Crippen LogP contribution in [0.1, 0.15) is 33.7 Å². The Bertz CT molecular complexity index is 846. The number of carbonyl (C=O) groups is 1. The molecule has 1 N–H and O–H groups in total. The van der Waals surface area contributed by atoms with E-state index in [1.807, 2.05) is 19.9 Å². The van der Waals surface area contributed by atoms with Crippen molar-refractivity contribution in [3.05, 3.63) is 46.4 Å². The summed E-state index contributed by atoms with van der Waals surface area (Å²) in [4.78, 5) is 16.8. The second-order valence-corrected chi connectivity index (χ2v) is 6.91. The fraction of sp³-hybridized carbons (Fsp3) is 0.267. The summed E-state index contributed by atoms with van der Waals surface area (Å²) < 4.78 is 5.05. The van der Waals surface area contributed by atoms with Crippen LogP contribution in [0.25, 0.3) is 0 Å². The van der Waals surface area contributed by atoms with Crippen LogP contribution in [-0.2, 0) is 12.2 Å². The number of nitrogens with zero attached hydrogens (tertiary/aromatic N) is 4. The fourth-order valence-electron chi connectivity index (χ4n) is 1.92. The number of pyridine rings is 1. The van der Waals surface area contributed by atoms with E-state index in [0.717, 1.165) is 22.9 Å². The van der Waals surface area contributed by atoms with Gasteiger partial charge in [0.15, 0.2) is 0 Å². The molecule has 0 aliphatic heterocycles. The smallest absolute Gasteiger partial charge is 0.260 e. The molecule has 0 spiro atoms. The molecular formula is C15H15N5O2S2. The monoisotopic (exact) mass is 361 g/mol. The summed E-state index contributed by atoms with van der Waals surface area (Å²) in [6.45, 7) is 3.83. The standard InChI is InChI=1S/C15H15N5O2S2/c1-3-12-18-19-15(24-12)17-13(21)11-5-4-6-16-14(11)23-8-10-7-9(2)22-20-10/h4-7H,3,8H2,1-2H3,(H,17,19,21). The Morgan fingerprint density at radius 2 is 2.29 bits per heavy atom. The molecule has 0 aromatic carbocycles. The van der Waals surface area contributed by atoms with E-state index < -0.39 is 0 Å². The molecule has 9 heteroatoms. The summed E-state index contributed by atoms with van der Waals surface area (Å²) >= 11 is 2.81. The van der Waals surface area contributed by atoms with Crippen molar-refractivity contribution < 1.29 is 9.32 Å². The molecule has 3 aromatic heterocycles. The minimum atomic E-state index is -0.249. The van der Waals surface area contributed by atoms with Gasteiger partial charge in [-0.15, -0.1) is 10.2 Å². The first kappa shape index (κ1) is 16.6. The Labute approximate surface area is 146 Å². The van der Waals surface area contributed by atoms with Gasteiger partial charge in [-0.1, -0.05) is 35.2 Å². The third-order valence-corrected chi connectivity index (χ3v) is 5.06. The maximum absolute atomic E-state index is 12.5. The lowest BCUT2D eigenvalue weighted by atomic mass is 10.3. The van der Waals surface area contributed by atoms with E-state index in [0.29, 0.717) is 21.5 Å². The van der Waals surface area contributed by atoms with Crippen LogP contribution in [0.2, 0.25) is 0 Å². The average molecular weight is 361 g/mol. The Kier molecular flexibility index (Phi) is 5.21. The zero-order valence-electron chi connectivity index (χ0n) is 13.1. The lowest BCUT2D eigenvalue weighted by molar-refractivity contribution is 0.102. The number of rotatable bonds is 6. The molecule has 24 heavy (non-hydrogen) atoms. The van der Waals surface area contributed by atoms with E-state index in [9.17, 15) is 4.79 Å². The number of amides is 1. The number of hydrogen-bond donors (Lipinski definition) is 1. The molecular weight excluding hydrogens is 346 g/mol. The van der Waals surface area contributed by atoms with Gasteiger partial charge in [0.05, 0.1) is 11.3 Å². The molecule has 0 saturated heterocycles. The van der Waals surface area contributed by atoms with Crippen molar-refractivity contribution in [2.45, 2.75) is 31.0 Å². The number of anilines is 1. The molecule has 3 heterocycles. The molecule has 0 atom stereocenters. The quantitative estimate of drug-likeness (QED) is 0.673. The van der Waals surface area contributed by atoms with Crippen molar-refractivity contribution in [3.8, 4) is 0 Å². The number of aryl methyl sites for hydroxylation is 2. The molecule has 0 saturated carbocycles. The molecule has 3 rings (SSSR count). The van der Waals surface area contributed by atoms with Crippen LogP contribution in [0.5, 0.6) is 0 Å². The second kappa shape index (κ2) is 7.54. The van der Waals surface area contributed by atoms with E-state index in [1.165, 1.54) is 23.1 Å². The average Bonchev–Trinajstić information content (AvgIpc) is 3.22. The summed E-state index contributed by atoms with van der Waals surface area (Å²) in [7, 11) is 0. The summed E-state index contributed by atoms with van der Waals surface area (Å²) in [6, 6.07) is 5.33. The van der Waals surface area contributed by atoms with Gasteiger partial charge in [0, 0.05) is 18.0 Å². The SMILES string of the molecule is CCc1nnc(NC(=O)c2cccnc2SCc2cc(C)on2)s1. The molecule has 0 bridgehead atoms. The molecule has 0 aliphatic carbocycles. The van der Waals surface area contributed by atoms with Crippen LogP contribution in [0, 0.1) is 6.92 Å². The van der Waals surface area contributed by atoms with Crippen LogP contribution in [0.4, 0.5) is 5.13 Å². The lowest BCUT2D eigenvalue weighted by Gasteiger charge is -2.06. The molecule has 124 valence electrons. The fourth-order valence-corrected chi connectivity index (χ4v) is 3.47. The van der Waals surface area contributed by atoms with Gasteiger partial charge in [-0.05, 0) is 25.5 Å². The summed E-state index contributed by atoms with van der Waals surface area (Å²) in [5.74, 6) is 1.08. The summed E-state index contributed by atoms with van der Waals surface area (Å²) in [5, 5.41) is 16.7. The van der Waals surface area contributed by atoms with Gasteiger partial charge >= 0.3 is 0 Å². The topological polar surface area (TPSA) is 93.8 Å². The number of thioether (sulfide) groups is 1. The molecule has 0 fully saturated rings. The minimum absolute atomic E-state index is 0.249. The van der Waals surface area contributed by atoms with Crippen LogP contribution < -0.4 is 5.32 Å². The van der Waals surface area contributed by atoms with E-state index in [1.54, 1.807) is 18.3 Å². The molecule has 0 unspecified atom stereocenters. The van der Waals surface area contributed by atoms with Crippen LogP contribution in [-0.4, -0.2) is 26.2 Å². The van der Waals surface area contributed by atoms with Crippen molar-refractivity contribution in [2.75, 3.05) is 5.32 Å². The Balaban J connectivity index is 1.71. The highest BCUT2D eigenvalue weighted by atomic mass is 32.2. The maximum atomic E-state index is 12.5. The highest BCUT2D eigenvalue weighted by molar-refractivity contribution is 7.98. The van der Waals surface area contributed by atoms with Gasteiger partial charge < -0.3 is 4.52 Å². The van der Waals surface area contributed by atoms with E-state index in [4.69, 9.17) is 4.52 Å². The third kappa shape index (κ3) is 3.98. The van der Waals surface area contributed by atoms with Crippen LogP contribution in [0.15, 0.2) is 33.9 Å². The third-order valence-electron chi connectivity index (χ3n) is 3.04. The minimum Gasteiger partial charge on any atom is -0.361 e. The molecule has 0 radical (unpaired) electrons. The highest BCUT2D eigenvalue weighted by Crippen LogP contribution is 2.25. The number of nitrogens with one attached hydrogen (secondary N) is 1. The van der Waals surface area contributed by atoms with Gasteiger partial charge in [-0.3, -0.25) is 10.1 Å². The first-order chi connectivity index (χ1) is 11.7. The van der Waals surface area contributed by atoms with Crippen molar-refractivity contribution in [1.29, 1.82) is 0 Å². The number of aromatic nitrogens is 4. The number of hydrogen-bond acceptors (Lipinski definition) is 8. The molecule has 1 amide bonds. The highest BCUT2D eigenvalue weighted by Gasteiger charge is 2.15. The molecule has 7 nitrogen and oxygen atoms in total. The van der Waals surface area contributed by atoms with Gasteiger partial charge in [0.1, 0.15) is 15.8 Å². The van der Waals surface area contributed by atoms with Crippen LogP contribution in [0.3, 0.4) is 0 Å². The van der Waals surface area contributed by atoms with E-state index >= 15 is 0 Å². The normalized spacial score (nSPS) is 10.8. The summed E-state index contributed by atoms with van der Waals surface area (Å²) in [6.07, 6.45) is 2.45. The van der Waals surface area contributed by atoms with Crippen molar-refractivity contribution in [2.24, 2.45) is 0 Å². The Hall–Kier alpha value is -2.26. The Morgan fingerprint density at radius 1 is 1.42 bits per heavy atom. The number of carbonyl (C=O) groups excluding carboxylic acids is 1. The van der Waals surface area contributed by atoms with E-state index in [2.05, 4.69) is 25.7 Å². The van der Waals surface area contributed by atoms with Crippen molar-refractivity contribution in [1.82, 2.24) is 20.3 Å². The molecule has 3 aromatic rings. The zero-order valence-corrected chi connectivity index (χ0v) is 14.8. The predicted molar refractivity (Wildman–Crippen MR) is 92.3 cm³/mol. The Morgan fingerprint density at radius 3 is 3.00 bits per heavy atom. The van der Waals surface area contributed by atoms with Crippen LogP contribution >= 0.6 is 23.1 Å². The van der Waals surface area contributed by atoms with Crippen molar-refractivity contribution in [3.63, 3.8) is 0 Å². The maximum Gasteiger partial charge on any atom is 0.260 e. The second-order valence-electron chi connectivity index (χ2n) is 4.88. The van der Waals surface area contributed by atoms with Crippen molar-refractivity contribution >= 4 is 34.1 Å². The molecule has 0 aliphatic rings. The van der Waals surface area contributed by atoms with Gasteiger partial charge in [-0.25, -0.2) is 4.98 Å². The summed E-state index contributed by atoms with van der Waals surface area (Å²) in [5.41, 5.74) is 1.31. The van der Waals surface area contributed by atoms with Gasteiger partial charge in [0.25, 0.3) is 5.91 Å². The van der Waals surface area contributed by atoms with E-state index in [-0.39, 0.29) is 5.91 Å². The lowest BCUT2D eigenvalue weighted by Crippen LogP contribution is -2.13. The predicted octanol–water partition coefficient (Wildman–Crippen LogP) is 3.34. The van der Waals surface area contributed by atoms with Gasteiger partial charge in [-0.2, -0.15) is 0 Å². The first-order valence-corrected chi connectivity index (χ1v) is 9.09. The van der Waals surface area contributed by atoms with Gasteiger partial charge in [0.2, 0.25) is 5.13 Å². The first-order valence-electron chi connectivity index (χ1n) is 7.29. The zero-order chi connectivity index (χ0) is 16.9. The largest absolute Gasteiger partial charge is 0.361 e.